The van der Waals surface area contributed by atoms with Crippen molar-refractivity contribution in [2.75, 3.05) is 26.9 Å². The van der Waals surface area contributed by atoms with E-state index >= 15 is 0 Å². The van der Waals surface area contributed by atoms with E-state index in [-0.39, 0.29) is 35.2 Å². The first-order valence-electron chi connectivity index (χ1n) is 8.84. The molecule has 0 unspecified atom stereocenters. The van der Waals surface area contributed by atoms with Crippen molar-refractivity contribution < 1.29 is 28.7 Å². The van der Waals surface area contributed by atoms with Crippen molar-refractivity contribution >= 4 is 23.7 Å². The van der Waals surface area contributed by atoms with E-state index in [1.165, 1.54) is 18.2 Å². The fourth-order valence-electron chi connectivity index (χ4n) is 2.62. The Bertz CT molecular complexity index is 746. The summed E-state index contributed by atoms with van der Waals surface area (Å²) < 4.78 is 9.92. The highest BCUT2D eigenvalue weighted by molar-refractivity contribution is 6.21. The molecule has 0 saturated carbocycles. The molecular formula is C19H24N2O6. The van der Waals surface area contributed by atoms with Gasteiger partial charge in [0.1, 0.15) is 0 Å². The zero-order valence-corrected chi connectivity index (χ0v) is 15.7. The average molecular weight is 376 g/mol. The van der Waals surface area contributed by atoms with Gasteiger partial charge >= 0.3 is 5.97 Å². The predicted molar refractivity (Wildman–Crippen MR) is 96.5 cm³/mol. The Kier molecular flexibility index (Phi) is 7.06. The normalized spacial score (nSPS) is 14.1. The summed E-state index contributed by atoms with van der Waals surface area (Å²) in [6, 6.07) is 4.17. The number of nitrogens with one attached hydrogen (secondary N) is 1. The maximum atomic E-state index is 12.4. The molecular weight excluding hydrogens is 352 g/mol. The first-order chi connectivity index (χ1) is 12.9. The maximum absolute atomic E-state index is 12.4. The van der Waals surface area contributed by atoms with Crippen LogP contribution in [0.2, 0.25) is 0 Å². The van der Waals surface area contributed by atoms with Gasteiger partial charge in [0.15, 0.2) is 6.61 Å². The average Bonchev–Trinajstić information content (AvgIpc) is 2.90. The summed E-state index contributed by atoms with van der Waals surface area (Å²) >= 11 is 0. The van der Waals surface area contributed by atoms with E-state index < -0.39 is 24.4 Å². The number of ether oxygens (including phenoxy) is 2. The molecule has 27 heavy (non-hydrogen) atoms. The van der Waals surface area contributed by atoms with Crippen molar-refractivity contribution in [3.8, 4) is 0 Å². The molecule has 0 bridgehead atoms. The number of amides is 3. The number of fused-ring (bicyclic) bond motifs is 1. The molecule has 0 fully saturated rings. The van der Waals surface area contributed by atoms with Gasteiger partial charge in [-0.15, -0.1) is 0 Å². The van der Waals surface area contributed by atoms with Crippen LogP contribution in [0.3, 0.4) is 0 Å². The minimum Gasteiger partial charge on any atom is -0.452 e. The van der Waals surface area contributed by atoms with Crippen molar-refractivity contribution in [1.82, 2.24) is 10.2 Å². The summed E-state index contributed by atoms with van der Waals surface area (Å²) in [6.07, 6.45) is 1.30. The van der Waals surface area contributed by atoms with Crippen LogP contribution in [0, 0.1) is 0 Å². The lowest BCUT2D eigenvalue weighted by Crippen LogP contribution is -2.35. The van der Waals surface area contributed by atoms with E-state index in [2.05, 4.69) is 5.32 Å². The summed E-state index contributed by atoms with van der Waals surface area (Å²) in [7, 11) is 1.55. The molecule has 1 aromatic rings. The van der Waals surface area contributed by atoms with Crippen LogP contribution in [-0.2, 0) is 14.3 Å². The Morgan fingerprint density at radius 3 is 2.56 bits per heavy atom. The van der Waals surface area contributed by atoms with Gasteiger partial charge in [-0.25, -0.2) is 4.79 Å². The van der Waals surface area contributed by atoms with Crippen LogP contribution in [0.25, 0.3) is 0 Å². The Balaban J connectivity index is 2.02. The molecule has 8 nitrogen and oxygen atoms in total. The second kappa shape index (κ2) is 9.27. The molecule has 1 aliphatic rings. The second-order valence-corrected chi connectivity index (χ2v) is 6.32. The topological polar surface area (TPSA) is 102 Å². The molecule has 0 radical (unpaired) electrons. The number of benzene rings is 1. The van der Waals surface area contributed by atoms with E-state index in [0.29, 0.717) is 13.0 Å². The number of rotatable bonds is 9. The number of carbonyl (C=O) groups is 4. The number of methoxy groups -OCH3 is 1. The van der Waals surface area contributed by atoms with E-state index in [0.717, 1.165) is 11.3 Å². The lowest BCUT2D eigenvalue weighted by molar-refractivity contribution is -0.124. The van der Waals surface area contributed by atoms with Crippen LogP contribution < -0.4 is 5.32 Å². The fourth-order valence-corrected chi connectivity index (χ4v) is 2.62. The van der Waals surface area contributed by atoms with Crippen molar-refractivity contribution in [3.05, 3.63) is 34.9 Å². The maximum Gasteiger partial charge on any atom is 0.338 e. The molecule has 1 aliphatic heterocycles. The van der Waals surface area contributed by atoms with Crippen molar-refractivity contribution in [2.24, 2.45) is 0 Å². The van der Waals surface area contributed by atoms with Gasteiger partial charge in [-0.3, -0.25) is 19.3 Å². The van der Waals surface area contributed by atoms with Gasteiger partial charge in [-0.05, 0) is 38.0 Å². The van der Waals surface area contributed by atoms with Crippen molar-refractivity contribution in [2.45, 2.75) is 32.7 Å². The molecule has 0 aromatic heterocycles. The van der Waals surface area contributed by atoms with E-state index in [1.54, 1.807) is 7.11 Å². The smallest absolute Gasteiger partial charge is 0.338 e. The van der Waals surface area contributed by atoms with E-state index in [1.807, 2.05) is 13.8 Å². The van der Waals surface area contributed by atoms with Gasteiger partial charge < -0.3 is 14.8 Å². The highest BCUT2D eigenvalue weighted by atomic mass is 16.5. The summed E-state index contributed by atoms with van der Waals surface area (Å²) in [5.41, 5.74) is 0.532. The molecule has 1 aromatic carbocycles. The molecule has 0 saturated heterocycles. The molecule has 2 rings (SSSR count). The summed E-state index contributed by atoms with van der Waals surface area (Å²) in [5.74, 6) is -1.96. The van der Waals surface area contributed by atoms with Gasteiger partial charge in [0.05, 0.1) is 16.7 Å². The van der Waals surface area contributed by atoms with Gasteiger partial charge in [0.2, 0.25) is 0 Å². The van der Waals surface area contributed by atoms with Gasteiger partial charge in [0.25, 0.3) is 17.7 Å². The molecule has 8 heteroatoms. The number of nitrogens with zero attached hydrogens (tertiary/aromatic N) is 1. The second-order valence-electron chi connectivity index (χ2n) is 6.32. The van der Waals surface area contributed by atoms with Crippen molar-refractivity contribution in [1.29, 1.82) is 0 Å². The van der Waals surface area contributed by atoms with E-state index in [9.17, 15) is 19.2 Å². The zero-order valence-electron chi connectivity index (χ0n) is 15.7. The van der Waals surface area contributed by atoms with Crippen LogP contribution in [0.15, 0.2) is 18.2 Å². The van der Waals surface area contributed by atoms with Gasteiger partial charge in [0, 0.05) is 26.3 Å². The van der Waals surface area contributed by atoms with Crippen LogP contribution in [0.5, 0.6) is 0 Å². The monoisotopic (exact) mass is 376 g/mol. The molecule has 0 spiro atoms. The third-order valence-electron chi connectivity index (χ3n) is 4.29. The highest BCUT2D eigenvalue weighted by Gasteiger charge is 2.35. The molecule has 1 N–H and O–H groups in total. The molecule has 1 heterocycles. The Morgan fingerprint density at radius 1 is 1.19 bits per heavy atom. The van der Waals surface area contributed by atoms with Crippen LogP contribution in [0.1, 0.15) is 57.8 Å². The van der Waals surface area contributed by atoms with Crippen molar-refractivity contribution in [3.63, 3.8) is 0 Å². The Morgan fingerprint density at radius 2 is 1.89 bits per heavy atom. The molecule has 146 valence electrons. The lowest BCUT2D eigenvalue weighted by Gasteiger charge is -2.12. The summed E-state index contributed by atoms with van der Waals surface area (Å²) in [4.78, 5) is 49.8. The number of esters is 1. The molecule has 3 amide bonds. The van der Waals surface area contributed by atoms with Crippen LogP contribution in [-0.4, -0.2) is 61.5 Å². The highest BCUT2D eigenvalue weighted by Crippen LogP contribution is 2.24. The summed E-state index contributed by atoms with van der Waals surface area (Å²) in [6.45, 7) is 4.05. The van der Waals surface area contributed by atoms with Gasteiger partial charge in [-0.1, -0.05) is 6.92 Å². The first-order valence-corrected chi connectivity index (χ1v) is 8.84. The number of hydrogen-bond acceptors (Lipinski definition) is 6. The van der Waals surface area contributed by atoms with Gasteiger partial charge in [-0.2, -0.15) is 0 Å². The van der Waals surface area contributed by atoms with Crippen LogP contribution in [0.4, 0.5) is 0 Å². The predicted octanol–water partition coefficient (Wildman–Crippen LogP) is 1.39. The quantitative estimate of drug-likeness (QED) is 0.397. The summed E-state index contributed by atoms with van der Waals surface area (Å²) in [5, 5.41) is 2.69. The largest absolute Gasteiger partial charge is 0.452 e. The number of imide groups is 1. The zero-order chi connectivity index (χ0) is 20.0. The molecule has 0 aliphatic carbocycles. The third-order valence-corrected chi connectivity index (χ3v) is 4.29. The fraction of sp³-hybridized carbons (Fsp3) is 0.474. The number of hydrogen-bond donors (Lipinski definition) is 1. The lowest BCUT2D eigenvalue weighted by atomic mass is 10.1. The first kappa shape index (κ1) is 20.6. The SMILES string of the molecule is CC[C@@H](C)NC(=O)COC(=O)c1ccc2c(c1)C(=O)N(CCCOC)C2=O. The van der Waals surface area contributed by atoms with E-state index in [4.69, 9.17) is 9.47 Å². The molecule has 1 atom stereocenters. The minimum absolute atomic E-state index is 0.0103. The Hall–Kier alpha value is -2.74. The Labute approximate surface area is 157 Å². The minimum atomic E-state index is -0.727. The van der Waals surface area contributed by atoms with Crippen LogP contribution >= 0.6 is 0 Å². The third kappa shape index (κ3) is 4.91. The standard InChI is InChI=1S/C19H24N2O6/c1-4-12(2)20-16(22)11-27-19(25)13-6-7-14-15(10-13)18(24)21(17(14)23)8-5-9-26-3/h6-7,10,12H,4-5,8-9,11H2,1-3H3,(H,20,22)/t12-/m1/s1. The number of carbonyl (C=O) groups excluding carboxylic acids is 4.